The van der Waals surface area contributed by atoms with Crippen molar-refractivity contribution in [1.29, 1.82) is 0 Å². The van der Waals surface area contributed by atoms with Gasteiger partial charge in [-0.15, -0.1) is 0 Å². The lowest BCUT2D eigenvalue weighted by Gasteiger charge is -2.16. The lowest BCUT2D eigenvalue weighted by molar-refractivity contribution is -0.119. The molecule has 0 atom stereocenters. The van der Waals surface area contributed by atoms with Crippen molar-refractivity contribution in [3.05, 3.63) is 101 Å². The number of anilines is 6. The molecule has 2 amide bonds. The maximum Gasteiger partial charge on any atom is 0.248 e. The molecule has 1 aromatic heterocycles. The second kappa shape index (κ2) is 10.4. The number of fused-ring (bicyclic) bond motifs is 1. The van der Waals surface area contributed by atoms with Crippen molar-refractivity contribution < 1.29 is 9.59 Å². The number of rotatable bonds is 7. The van der Waals surface area contributed by atoms with Crippen LogP contribution in [0.15, 0.2) is 85.1 Å². The molecule has 9 heteroatoms. The van der Waals surface area contributed by atoms with Crippen molar-refractivity contribution in [2.75, 3.05) is 21.3 Å². The highest BCUT2D eigenvalue weighted by Gasteiger charge is 2.38. The maximum absolute atomic E-state index is 12.5. The number of benzene rings is 3. The fourth-order valence-electron chi connectivity index (χ4n) is 4.03. The molecule has 0 saturated heterocycles. The molecule has 0 spiro atoms. The van der Waals surface area contributed by atoms with Crippen LogP contribution in [-0.4, -0.2) is 21.8 Å². The zero-order valence-corrected chi connectivity index (χ0v) is 21.5. The Hall–Kier alpha value is -4.69. The zero-order chi connectivity index (χ0) is 26.7. The molecule has 0 fully saturated rings. The Bertz CT molecular complexity index is 1550. The van der Waals surface area contributed by atoms with Gasteiger partial charge in [-0.25, -0.2) is 4.98 Å². The van der Waals surface area contributed by atoms with Gasteiger partial charge in [0.05, 0.1) is 23.0 Å². The van der Waals surface area contributed by atoms with Crippen LogP contribution in [0.1, 0.15) is 25.0 Å². The Morgan fingerprint density at radius 1 is 0.974 bits per heavy atom. The first-order chi connectivity index (χ1) is 18.3. The minimum atomic E-state index is -0.634. The number of amides is 2. The Labute approximate surface area is 225 Å². The molecule has 1 aliphatic heterocycles. The van der Waals surface area contributed by atoms with E-state index in [1.54, 1.807) is 12.1 Å². The van der Waals surface area contributed by atoms with Gasteiger partial charge >= 0.3 is 0 Å². The number of halogens is 1. The summed E-state index contributed by atoms with van der Waals surface area (Å²) in [5.41, 5.74) is 3.90. The van der Waals surface area contributed by atoms with Gasteiger partial charge in [0, 0.05) is 17.5 Å². The van der Waals surface area contributed by atoms with Crippen LogP contribution in [0.25, 0.3) is 6.08 Å². The first-order valence-corrected chi connectivity index (χ1v) is 12.3. The molecule has 3 aromatic carbocycles. The SMILES string of the molecule is CC1(C)C(=O)Nc2ccc(Nc3ncc(Cl)c(Nc4ccccc4NC(=O)/C=C/c4ccccc4)n3)cc21. The molecule has 0 saturated carbocycles. The van der Waals surface area contributed by atoms with Crippen molar-refractivity contribution >= 4 is 64.0 Å². The molecule has 1 aliphatic rings. The summed E-state index contributed by atoms with van der Waals surface area (Å²) in [6.45, 7) is 3.76. The van der Waals surface area contributed by atoms with Gasteiger partial charge in [0.2, 0.25) is 17.8 Å². The summed E-state index contributed by atoms with van der Waals surface area (Å²) < 4.78 is 0. The Morgan fingerprint density at radius 2 is 1.71 bits per heavy atom. The van der Waals surface area contributed by atoms with Crippen LogP contribution in [0.3, 0.4) is 0 Å². The normalized spacial score (nSPS) is 13.6. The molecule has 190 valence electrons. The van der Waals surface area contributed by atoms with Gasteiger partial charge in [-0.3, -0.25) is 9.59 Å². The van der Waals surface area contributed by atoms with Gasteiger partial charge < -0.3 is 21.3 Å². The van der Waals surface area contributed by atoms with Gasteiger partial charge in [0.25, 0.3) is 0 Å². The lowest BCUT2D eigenvalue weighted by Crippen LogP contribution is -2.26. The van der Waals surface area contributed by atoms with E-state index in [0.29, 0.717) is 28.2 Å². The van der Waals surface area contributed by atoms with E-state index < -0.39 is 5.41 Å². The largest absolute Gasteiger partial charge is 0.337 e. The van der Waals surface area contributed by atoms with E-state index in [4.69, 9.17) is 11.6 Å². The summed E-state index contributed by atoms with van der Waals surface area (Å²) in [5.74, 6) is 0.371. The van der Waals surface area contributed by atoms with Gasteiger partial charge in [-0.2, -0.15) is 4.98 Å². The molecule has 2 heterocycles. The van der Waals surface area contributed by atoms with Crippen molar-refractivity contribution in [2.45, 2.75) is 19.3 Å². The number of nitrogens with one attached hydrogen (secondary N) is 4. The van der Waals surface area contributed by atoms with Crippen LogP contribution in [-0.2, 0) is 15.0 Å². The summed E-state index contributed by atoms with van der Waals surface area (Å²) in [7, 11) is 0. The van der Waals surface area contributed by atoms with Crippen LogP contribution in [0.4, 0.5) is 34.5 Å². The van der Waals surface area contributed by atoms with Crippen molar-refractivity contribution in [3.8, 4) is 0 Å². The quantitative estimate of drug-likeness (QED) is 0.205. The Morgan fingerprint density at radius 3 is 2.50 bits per heavy atom. The minimum absolute atomic E-state index is 0.0415. The third kappa shape index (κ3) is 5.35. The number of hydrogen-bond donors (Lipinski definition) is 4. The highest BCUT2D eigenvalue weighted by Crippen LogP contribution is 2.39. The lowest BCUT2D eigenvalue weighted by atomic mass is 9.86. The van der Waals surface area contributed by atoms with Gasteiger partial charge in [0.1, 0.15) is 5.02 Å². The molecule has 0 aliphatic carbocycles. The molecular formula is C29H25ClN6O2. The van der Waals surface area contributed by atoms with Gasteiger partial charge in [0.15, 0.2) is 5.82 Å². The summed E-state index contributed by atoms with van der Waals surface area (Å²) in [4.78, 5) is 33.6. The zero-order valence-electron chi connectivity index (χ0n) is 20.7. The summed E-state index contributed by atoms with van der Waals surface area (Å²) in [5, 5.41) is 12.5. The van der Waals surface area contributed by atoms with Crippen LogP contribution in [0.2, 0.25) is 5.02 Å². The van der Waals surface area contributed by atoms with Gasteiger partial charge in [-0.1, -0.05) is 54.1 Å². The molecular weight excluding hydrogens is 500 g/mol. The predicted octanol–water partition coefficient (Wildman–Crippen LogP) is 6.50. The van der Waals surface area contributed by atoms with Crippen molar-refractivity contribution in [2.24, 2.45) is 0 Å². The maximum atomic E-state index is 12.5. The smallest absolute Gasteiger partial charge is 0.248 e. The van der Waals surface area contributed by atoms with Crippen molar-refractivity contribution in [1.82, 2.24) is 9.97 Å². The average molecular weight is 525 g/mol. The van der Waals surface area contributed by atoms with Crippen molar-refractivity contribution in [3.63, 3.8) is 0 Å². The molecule has 4 aromatic rings. The topological polar surface area (TPSA) is 108 Å². The van der Waals surface area contributed by atoms with Crippen LogP contribution in [0.5, 0.6) is 0 Å². The first-order valence-electron chi connectivity index (χ1n) is 12.0. The standard InChI is InChI=1S/C29H25ClN6O2/c1-29(2)20-16-19(13-14-22(20)35-27(29)38)32-28-31-17-21(30)26(36-28)34-24-11-7-6-10-23(24)33-25(37)15-12-18-8-4-3-5-9-18/h3-17H,1-2H3,(H,33,37)(H,35,38)(H2,31,32,34,36)/b15-12+. The molecule has 0 bridgehead atoms. The average Bonchev–Trinajstić information content (AvgIpc) is 3.14. The van der Waals surface area contributed by atoms with E-state index in [9.17, 15) is 9.59 Å². The molecule has 4 N–H and O–H groups in total. The number of carbonyl (C=O) groups is 2. The third-order valence-electron chi connectivity index (χ3n) is 6.17. The number of para-hydroxylation sites is 2. The summed E-state index contributed by atoms with van der Waals surface area (Å²) >= 11 is 6.40. The first kappa shape index (κ1) is 25.0. The third-order valence-corrected chi connectivity index (χ3v) is 6.45. The molecule has 8 nitrogen and oxygen atoms in total. The molecule has 0 unspecified atom stereocenters. The minimum Gasteiger partial charge on any atom is -0.337 e. The van der Waals surface area contributed by atoms with E-state index in [1.807, 2.05) is 80.6 Å². The molecule has 0 radical (unpaired) electrons. The predicted molar refractivity (Wildman–Crippen MR) is 152 cm³/mol. The molecule has 38 heavy (non-hydrogen) atoms. The fourth-order valence-corrected chi connectivity index (χ4v) is 4.17. The second-order valence-electron chi connectivity index (χ2n) is 9.26. The highest BCUT2D eigenvalue weighted by atomic mass is 35.5. The van der Waals surface area contributed by atoms with E-state index in [2.05, 4.69) is 31.2 Å². The van der Waals surface area contributed by atoms with Crippen LogP contribution >= 0.6 is 11.6 Å². The highest BCUT2D eigenvalue weighted by molar-refractivity contribution is 6.33. The van der Waals surface area contributed by atoms with Gasteiger partial charge in [-0.05, 0) is 61.4 Å². The summed E-state index contributed by atoms with van der Waals surface area (Å²) in [6, 6.07) is 22.5. The number of aromatic nitrogens is 2. The van der Waals surface area contributed by atoms with E-state index in [0.717, 1.165) is 22.5 Å². The van der Waals surface area contributed by atoms with Crippen LogP contribution in [0, 0.1) is 0 Å². The van der Waals surface area contributed by atoms with E-state index in [-0.39, 0.29) is 11.8 Å². The number of carbonyl (C=O) groups excluding carboxylic acids is 2. The second-order valence-corrected chi connectivity index (χ2v) is 9.67. The Kier molecular flexibility index (Phi) is 6.81. The molecule has 5 rings (SSSR count). The number of nitrogens with zero attached hydrogens (tertiary/aromatic N) is 2. The Balaban J connectivity index is 1.33. The van der Waals surface area contributed by atoms with E-state index in [1.165, 1.54) is 12.3 Å². The van der Waals surface area contributed by atoms with E-state index >= 15 is 0 Å². The number of hydrogen-bond acceptors (Lipinski definition) is 6. The monoisotopic (exact) mass is 524 g/mol. The fraction of sp³-hybridized carbons (Fsp3) is 0.103. The van der Waals surface area contributed by atoms with Crippen LogP contribution < -0.4 is 21.3 Å². The summed E-state index contributed by atoms with van der Waals surface area (Å²) in [6.07, 6.45) is 4.72.